The third-order valence-electron chi connectivity index (χ3n) is 3.87. The van der Waals surface area contributed by atoms with Gasteiger partial charge >= 0.3 is 6.03 Å². The van der Waals surface area contributed by atoms with Gasteiger partial charge in [-0.3, -0.25) is 9.62 Å². The second kappa shape index (κ2) is 6.12. The molecule has 1 aromatic carbocycles. The number of rotatable bonds is 3. The van der Waals surface area contributed by atoms with Crippen LogP contribution in [0.5, 0.6) is 0 Å². The zero-order chi connectivity index (χ0) is 17.3. The standard InChI is InChI=1S/C16H18N4O3S/c1-11-3-6-15(18-10-11)19-24(22,23)13-4-5-14-12(9-13)7-8-20(14)16(21)17-2/h3-6,9-10H,7-8H2,1-2H3,(H,17,21)(H,18,19). The number of hydrogen-bond acceptors (Lipinski definition) is 4. The summed E-state index contributed by atoms with van der Waals surface area (Å²) in [5, 5.41) is 2.58. The molecule has 2 N–H and O–H groups in total. The molecule has 0 bridgehead atoms. The molecular formula is C16H18N4O3S. The number of nitrogens with zero attached hydrogens (tertiary/aromatic N) is 2. The molecule has 126 valence electrons. The lowest BCUT2D eigenvalue weighted by atomic mass is 10.2. The van der Waals surface area contributed by atoms with Crippen molar-refractivity contribution in [2.45, 2.75) is 18.2 Å². The van der Waals surface area contributed by atoms with E-state index >= 15 is 0 Å². The van der Waals surface area contributed by atoms with E-state index in [0.29, 0.717) is 13.0 Å². The molecule has 0 aliphatic carbocycles. The molecule has 2 aromatic rings. The Labute approximate surface area is 140 Å². The van der Waals surface area contributed by atoms with Crippen molar-refractivity contribution in [1.29, 1.82) is 0 Å². The Morgan fingerprint density at radius 3 is 2.71 bits per heavy atom. The van der Waals surface area contributed by atoms with E-state index in [2.05, 4.69) is 15.0 Å². The molecule has 2 heterocycles. The van der Waals surface area contributed by atoms with Crippen molar-refractivity contribution in [2.24, 2.45) is 0 Å². The Bertz CT molecular complexity index is 879. The summed E-state index contributed by atoms with van der Waals surface area (Å²) < 4.78 is 27.5. The summed E-state index contributed by atoms with van der Waals surface area (Å²) in [5.41, 5.74) is 2.52. The van der Waals surface area contributed by atoms with E-state index in [-0.39, 0.29) is 16.7 Å². The van der Waals surface area contributed by atoms with E-state index in [4.69, 9.17) is 0 Å². The van der Waals surface area contributed by atoms with Crippen LogP contribution >= 0.6 is 0 Å². The molecule has 1 aromatic heterocycles. The molecule has 0 spiro atoms. The van der Waals surface area contributed by atoms with Crippen molar-refractivity contribution < 1.29 is 13.2 Å². The third-order valence-corrected chi connectivity index (χ3v) is 5.22. The number of urea groups is 1. The van der Waals surface area contributed by atoms with Crippen LogP contribution in [0.25, 0.3) is 0 Å². The number of anilines is 2. The van der Waals surface area contributed by atoms with Crippen LogP contribution in [-0.2, 0) is 16.4 Å². The number of aromatic nitrogens is 1. The van der Waals surface area contributed by atoms with Crippen LogP contribution in [0.4, 0.5) is 16.3 Å². The van der Waals surface area contributed by atoms with Gasteiger partial charge < -0.3 is 5.32 Å². The molecule has 0 saturated carbocycles. The molecule has 8 heteroatoms. The van der Waals surface area contributed by atoms with Gasteiger partial charge in [0, 0.05) is 25.5 Å². The predicted molar refractivity (Wildman–Crippen MR) is 91.7 cm³/mol. The van der Waals surface area contributed by atoms with Gasteiger partial charge in [0.05, 0.1) is 4.90 Å². The average Bonchev–Trinajstić information content (AvgIpc) is 2.99. The number of fused-ring (bicyclic) bond motifs is 1. The first kappa shape index (κ1) is 16.3. The number of sulfonamides is 1. The molecule has 0 radical (unpaired) electrons. The first-order valence-corrected chi connectivity index (χ1v) is 8.97. The monoisotopic (exact) mass is 346 g/mol. The van der Waals surface area contributed by atoms with E-state index in [0.717, 1.165) is 16.8 Å². The normalized spacial score (nSPS) is 13.5. The van der Waals surface area contributed by atoms with E-state index in [9.17, 15) is 13.2 Å². The molecule has 24 heavy (non-hydrogen) atoms. The number of pyridine rings is 1. The van der Waals surface area contributed by atoms with E-state index < -0.39 is 10.0 Å². The van der Waals surface area contributed by atoms with Crippen LogP contribution in [0.2, 0.25) is 0 Å². The number of carbonyl (C=O) groups is 1. The van der Waals surface area contributed by atoms with Gasteiger partial charge in [-0.15, -0.1) is 0 Å². The van der Waals surface area contributed by atoms with Gasteiger partial charge in [0.2, 0.25) is 0 Å². The first-order chi connectivity index (χ1) is 11.4. The molecular weight excluding hydrogens is 328 g/mol. The van der Waals surface area contributed by atoms with E-state index in [1.807, 2.05) is 6.92 Å². The minimum atomic E-state index is -3.72. The molecule has 1 aliphatic heterocycles. The summed E-state index contributed by atoms with van der Waals surface area (Å²) in [4.78, 5) is 17.6. The van der Waals surface area contributed by atoms with Crippen molar-refractivity contribution in [3.8, 4) is 0 Å². The Morgan fingerprint density at radius 2 is 2.04 bits per heavy atom. The Morgan fingerprint density at radius 1 is 1.25 bits per heavy atom. The minimum absolute atomic E-state index is 0.155. The van der Waals surface area contributed by atoms with Crippen LogP contribution < -0.4 is 14.9 Å². The molecule has 3 rings (SSSR count). The number of carbonyl (C=O) groups excluding carboxylic acids is 1. The van der Waals surface area contributed by atoms with Crippen molar-refractivity contribution >= 4 is 27.6 Å². The second-order valence-electron chi connectivity index (χ2n) is 5.57. The fourth-order valence-electron chi connectivity index (χ4n) is 2.62. The fraction of sp³-hybridized carbons (Fsp3) is 0.250. The van der Waals surface area contributed by atoms with Crippen molar-refractivity contribution in [1.82, 2.24) is 10.3 Å². The van der Waals surface area contributed by atoms with Gasteiger partial charge in [-0.1, -0.05) is 6.07 Å². The highest BCUT2D eigenvalue weighted by Crippen LogP contribution is 2.30. The quantitative estimate of drug-likeness (QED) is 0.888. The summed E-state index contributed by atoms with van der Waals surface area (Å²) in [7, 11) is -2.16. The minimum Gasteiger partial charge on any atom is -0.341 e. The summed E-state index contributed by atoms with van der Waals surface area (Å²) >= 11 is 0. The van der Waals surface area contributed by atoms with E-state index in [1.54, 1.807) is 42.4 Å². The van der Waals surface area contributed by atoms with Crippen LogP contribution in [-0.4, -0.2) is 33.0 Å². The summed E-state index contributed by atoms with van der Waals surface area (Å²) in [6.07, 6.45) is 2.22. The zero-order valence-corrected chi connectivity index (χ0v) is 14.2. The number of benzene rings is 1. The number of hydrogen-bond donors (Lipinski definition) is 2. The lowest BCUT2D eigenvalue weighted by molar-refractivity contribution is 0.248. The topological polar surface area (TPSA) is 91.4 Å². The summed E-state index contributed by atoms with van der Waals surface area (Å²) in [6.45, 7) is 2.41. The molecule has 1 aliphatic rings. The molecule has 0 atom stereocenters. The lowest BCUT2D eigenvalue weighted by Gasteiger charge is -2.16. The first-order valence-electron chi connectivity index (χ1n) is 7.48. The van der Waals surface area contributed by atoms with Crippen molar-refractivity contribution in [3.63, 3.8) is 0 Å². The highest BCUT2D eigenvalue weighted by atomic mass is 32.2. The van der Waals surface area contributed by atoms with Crippen LogP contribution in [0, 0.1) is 6.92 Å². The predicted octanol–water partition coefficient (Wildman–Crippen LogP) is 1.89. The van der Waals surface area contributed by atoms with Gasteiger partial charge in [0.15, 0.2) is 0 Å². The third kappa shape index (κ3) is 3.05. The Balaban J connectivity index is 1.87. The SMILES string of the molecule is CNC(=O)N1CCc2cc(S(=O)(=O)Nc3ccc(C)cn3)ccc21. The molecule has 7 nitrogen and oxygen atoms in total. The molecule has 0 fully saturated rings. The van der Waals surface area contributed by atoms with Gasteiger partial charge in [0.1, 0.15) is 5.82 Å². The maximum absolute atomic E-state index is 12.5. The van der Waals surface area contributed by atoms with Gasteiger partial charge in [-0.25, -0.2) is 18.2 Å². The fourth-order valence-corrected chi connectivity index (χ4v) is 3.67. The van der Waals surface area contributed by atoms with Crippen molar-refractivity contribution in [3.05, 3.63) is 47.7 Å². The molecule has 2 amide bonds. The maximum Gasteiger partial charge on any atom is 0.321 e. The molecule has 0 unspecified atom stereocenters. The van der Waals surface area contributed by atoms with Crippen molar-refractivity contribution in [2.75, 3.05) is 23.2 Å². The Kier molecular flexibility index (Phi) is 4.15. The smallest absolute Gasteiger partial charge is 0.321 e. The highest BCUT2D eigenvalue weighted by Gasteiger charge is 2.26. The number of amides is 2. The lowest BCUT2D eigenvalue weighted by Crippen LogP contribution is -2.36. The van der Waals surface area contributed by atoms with Crippen LogP contribution in [0.15, 0.2) is 41.4 Å². The van der Waals surface area contributed by atoms with Gasteiger partial charge in [-0.05, 0) is 48.7 Å². The average molecular weight is 346 g/mol. The largest absolute Gasteiger partial charge is 0.341 e. The van der Waals surface area contributed by atoms with Crippen LogP contribution in [0.1, 0.15) is 11.1 Å². The zero-order valence-electron chi connectivity index (χ0n) is 13.4. The van der Waals surface area contributed by atoms with Gasteiger partial charge in [0.25, 0.3) is 10.0 Å². The Hall–Kier alpha value is -2.61. The van der Waals surface area contributed by atoms with Gasteiger partial charge in [-0.2, -0.15) is 0 Å². The highest BCUT2D eigenvalue weighted by molar-refractivity contribution is 7.92. The molecule has 0 saturated heterocycles. The summed E-state index contributed by atoms with van der Waals surface area (Å²) in [5.74, 6) is 0.271. The number of aryl methyl sites for hydroxylation is 1. The number of nitrogens with one attached hydrogen (secondary N) is 2. The van der Waals surface area contributed by atoms with Crippen LogP contribution in [0.3, 0.4) is 0 Å². The van der Waals surface area contributed by atoms with E-state index in [1.165, 1.54) is 6.07 Å². The summed E-state index contributed by atoms with van der Waals surface area (Å²) in [6, 6.07) is 7.97. The maximum atomic E-state index is 12.5. The second-order valence-corrected chi connectivity index (χ2v) is 7.26.